The standard InChI is InChI=1S/C8H10ClIN2/c1-5-3-6(4-11-2)8(10)12-7(5)9/h3,11H,4H2,1-2H3. The number of nitrogens with zero attached hydrogens (tertiary/aromatic N) is 1. The number of halogens is 2. The monoisotopic (exact) mass is 296 g/mol. The molecule has 1 aromatic rings. The molecule has 1 N–H and O–H groups in total. The van der Waals surface area contributed by atoms with E-state index in [0.29, 0.717) is 5.15 Å². The first-order valence-electron chi connectivity index (χ1n) is 3.61. The molecular formula is C8H10ClIN2. The van der Waals surface area contributed by atoms with Gasteiger partial charge in [0.05, 0.1) is 0 Å². The van der Waals surface area contributed by atoms with Crippen LogP contribution in [0.4, 0.5) is 0 Å². The molecule has 0 atom stereocenters. The summed E-state index contributed by atoms with van der Waals surface area (Å²) in [6.45, 7) is 2.80. The van der Waals surface area contributed by atoms with Crippen LogP contribution in [0.3, 0.4) is 0 Å². The maximum absolute atomic E-state index is 5.85. The Morgan fingerprint density at radius 1 is 1.67 bits per heavy atom. The summed E-state index contributed by atoms with van der Waals surface area (Å²) in [6.07, 6.45) is 0. The van der Waals surface area contributed by atoms with Gasteiger partial charge in [-0.25, -0.2) is 4.98 Å². The smallest absolute Gasteiger partial charge is 0.133 e. The van der Waals surface area contributed by atoms with Gasteiger partial charge in [-0.15, -0.1) is 0 Å². The zero-order valence-electron chi connectivity index (χ0n) is 6.99. The number of hydrogen-bond donors (Lipinski definition) is 1. The van der Waals surface area contributed by atoms with E-state index >= 15 is 0 Å². The number of hydrogen-bond acceptors (Lipinski definition) is 2. The highest BCUT2D eigenvalue weighted by Gasteiger charge is 2.03. The van der Waals surface area contributed by atoms with Gasteiger partial charge in [-0.1, -0.05) is 11.6 Å². The fourth-order valence-corrected chi connectivity index (χ4v) is 1.81. The maximum Gasteiger partial charge on any atom is 0.133 e. The number of nitrogens with one attached hydrogen (secondary N) is 1. The third-order valence-electron chi connectivity index (χ3n) is 1.54. The summed E-state index contributed by atoms with van der Waals surface area (Å²) in [5.41, 5.74) is 2.22. The normalized spacial score (nSPS) is 10.3. The topological polar surface area (TPSA) is 24.9 Å². The van der Waals surface area contributed by atoms with E-state index in [1.165, 1.54) is 5.56 Å². The Morgan fingerprint density at radius 3 is 2.92 bits per heavy atom. The molecule has 4 heteroatoms. The zero-order valence-corrected chi connectivity index (χ0v) is 9.90. The Bertz CT molecular complexity index is 289. The Kier molecular flexibility index (Phi) is 3.74. The first-order chi connectivity index (χ1) is 5.65. The second-order valence-corrected chi connectivity index (χ2v) is 3.96. The van der Waals surface area contributed by atoms with E-state index in [4.69, 9.17) is 11.6 Å². The first kappa shape index (κ1) is 10.2. The molecule has 2 nitrogen and oxygen atoms in total. The summed E-state index contributed by atoms with van der Waals surface area (Å²) in [5, 5.41) is 3.68. The molecule has 1 aromatic heterocycles. The van der Waals surface area contributed by atoms with Gasteiger partial charge in [0.25, 0.3) is 0 Å². The lowest BCUT2D eigenvalue weighted by Gasteiger charge is -2.05. The molecule has 0 amide bonds. The van der Waals surface area contributed by atoms with Gasteiger partial charge < -0.3 is 5.32 Å². The molecule has 0 aliphatic rings. The number of aryl methyl sites for hydroxylation is 1. The highest BCUT2D eigenvalue weighted by Crippen LogP contribution is 2.18. The molecule has 0 spiro atoms. The predicted molar refractivity (Wildman–Crippen MR) is 59.5 cm³/mol. The van der Waals surface area contributed by atoms with Crippen molar-refractivity contribution in [3.63, 3.8) is 0 Å². The lowest BCUT2D eigenvalue weighted by Crippen LogP contribution is -2.08. The molecule has 0 saturated carbocycles. The molecule has 0 saturated heterocycles. The molecule has 66 valence electrons. The van der Waals surface area contributed by atoms with Crippen LogP contribution in [0, 0.1) is 10.6 Å². The molecule has 0 aromatic carbocycles. The van der Waals surface area contributed by atoms with Crippen LogP contribution in [0.2, 0.25) is 5.15 Å². The molecule has 1 rings (SSSR count). The number of rotatable bonds is 2. The second-order valence-electron chi connectivity index (χ2n) is 2.58. The second kappa shape index (κ2) is 4.39. The van der Waals surface area contributed by atoms with Gasteiger partial charge in [0.2, 0.25) is 0 Å². The van der Waals surface area contributed by atoms with Crippen molar-refractivity contribution in [1.82, 2.24) is 10.3 Å². The third-order valence-corrected chi connectivity index (χ3v) is 2.86. The van der Waals surface area contributed by atoms with E-state index in [1.54, 1.807) is 0 Å². The largest absolute Gasteiger partial charge is 0.316 e. The van der Waals surface area contributed by atoms with Crippen LogP contribution < -0.4 is 5.32 Å². The van der Waals surface area contributed by atoms with Crippen LogP contribution in [0.15, 0.2) is 6.07 Å². The summed E-state index contributed by atoms with van der Waals surface area (Å²) in [7, 11) is 1.92. The van der Waals surface area contributed by atoms with Crippen molar-refractivity contribution in [3.05, 3.63) is 26.0 Å². The average Bonchev–Trinajstić information content (AvgIpc) is 2.01. The van der Waals surface area contributed by atoms with Crippen molar-refractivity contribution < 1.29 is 0 Å². The molecule has 1 heterocycles. The highest BCUT2D eigenvalue weighted by atomic mass is 127. The molecule has 0 unspecified atom stereocenters. The molecule has 0 bridgehead atoms. The van der Waals surface area contributed by atoms with E-state index in [2.05, 4.69) is 39.0 Å². The quantitative estimate of drug-likeness (QED) is 0.669. The SMILES string of the molecule is CNCc1cc(C)c(Cl)nc1I. The third kappa shape index (κ3) is 2.31. The van der Waals surface area contributed by atoms with Gasteiger partial charge in [0.15, 0.2) is 0 Å². The van der Waals surface area contributed by atoms with Crippen LogP contribution in [0.25, 0.3) is 0 Å². The Hall–Kier alpha value is 0.130. The van der Waals surface area contributed by atoms with E-state index in [-0.39, 0.29) is 0 Å². The van der Waals surface area contributed by atoms with E-state index in [9.17, 15) is 0 Å². The van der Waals surface area contributed by atoms with Gasteiger partial charge in [-0.3, -0.25) is 0 Å². The lowest BCUT2D eigenvalue weighted by molar-refractivity contribution is 0.806. The van der Waals surface area contributed by atoms with Gasteiger partial charge in [0, 0.05) is 6.54 Å². The van der Waals surface area contributed by atoms with Crippen molar-refractivity contribution >= 4 is 34.2 Å². The molecule has 0 aliphatic heterocycles. The van der Waals surface area contributed by atoms with Crippen LogP contribution in [-0.2, 0) is 6.54 Å². The van der Waals surface area contributed by atoms with Crippen molar-refractivity contribution in [2.75, 3.05) is 7.05 Å². The molecular weight excluding hydrogens is 286 g/mol. The Labute approximate surface area is 90.9 Å². The highest BCUT2D eigenvalue weighted by molar-refractivity contribution is 14.1. The fraction of sp³-hybridized carbons (Fsp3) is 0.375. The Balaban J connectivity index is 3.05. The van der Waals surface area contributed by atoms with E-state index in [0.717, 1.165) is 15.8 Å². The molecule has 0 aliphatic carbocycles. The van der Waals surface area contributed by atoms with Crippen LogP contribution in [0.5, 0.6) is 0 Å². The number of pyridine rings is 1. The molecule has 0 fully saturated rings. The van der Waals surface area contributed by atoms with Crippen LogP contribution in [-0.4, -0.2) is 12.0 Å². The van der Waals surface area contributed by atoms with Crippen molar-refractivity contribution in [3.8, 4) is 0 Å². The summed E-state index contributed by atoms with van der Waals surface area (Å²) in [4.78, 5) is 4.20. The van der Waals surface area contributed by atoms with Crippen LogP contribution in [0.1, 0.15) is 11.1 Å². The maximum atomic E-state index is 5.85. The predicted octanol–water partition coefficient (Wildman–Crippen LogP) is 2.37. The lowest BCUT2D eigenvalue weighted by atomic mass is 10.2. The zero-order chi connectivity index (χ0) is 9.14. The minimum Gasteiger partial charge on any atom is -0.316 e. The summed E-state index contributed by atoms with van der Waals surface area (Å²) < 4.78 is 0.970. The summed E-state index contributed by atoms with van der Waals surface area (Å²) >= 11 is 8.04. The fourth-order valence-electron chi connectivity index (χ4n) is 0.941. The van der Waals surface area contributed by atoms with Gasteiger partial charge in [-0.05, 0) is 53.8 Å². The van der Waals surface area contributed by atoms with Gasteiger partial charge in [0.1, 0.15) is 8.85 Å². The summed E-state index contributed by atoms with van der Waals surface area (Å²) in [6, 6.07) is 2.06. The minimum absolute atomic E-state index is 0.597. The minimum atomic E-state index is 0.597. The van der Waals surface area contributed by atoms with Crippen molar-refractivity contribution in [2.45, 2.75) is 13.5 Å². The van der Waals surface area contributed by atoms with E-state index in [1.807, 2.05) is 14.0 Å². The van der Waals surface area contributed by atoms with E-state index < -0.39 is 0 Å². The Morgan fingerprint density at radius 2 is 2.33 bits per heavy atom. The van der Waals surface area contributed by atoms with Crippen molar-refractivity contribution in [2.24, 2.45) is 0 Å². The number of aromatic nitrogens is 1. The van der Waals surface area contributed by atoms with Gasteiger partial charge in [-0.2, -0.15) is 0 Å². The first-order valence-corrected chi connectivity index (χ1v) is 5.07. The van der Waals surface area contributed by atoms with Crippen LogP contribution >= 0.6 is 34.2 Å². The average molecular weight is 297 g/mol. The molecule has 12 heavy (non-hydrogen) atoms. The summed E-state index contributed by atoms with van der Waals surface area (Å²) in [5.74, 6) is 0. The van der Waals surface area contributed by atoms with Crippen molar-refractivity contribution in [1.29, 1.82) is 0 Å². The molecule has 0 radical (unpaired) electrons. The van der Waals surface area contributed by atoms with Gasteiger partial charge >= 0.3 is 0 Å².